The van der Waals surface area contributed by atoms with E-state index in [1.165, 1.54) is 33.4 Å². The van der Waals surface area contributed by atoms with E-state index in [9.17, 15) is 25.5 Å². The number of fused-ring (bicyclic) bond motifs is 4. The molecule has 0 radical (unpaired) electrons. The lowest BCUT2D eigenvalue weighted by atomic mass is 9.86. The Hall–Kier alpha value is -5.42. The van der Waals surface area contributed by atoms with Gasteiger partial charge in [-0.05, 0) is 74.2 Å². The first-order chi connectivity index (χ1) is 21.0. The van der Waals surface area contributed by atoms with E-state index in [2.05, 4.69) is 48.6 Å². The van der Waals surface area contributed by atoms with E-state index in [1.54, 1.807) is 0 Å². The smallest absolute Gasteiger partial charge is 0.208 e. The van der Waals surface area contributed by atoms with Crippen molar-refractivity contribution in [2.24, 2.45) is 5.92 Å². The fourth-order valence-corrected chi connectivity index (χ4v) is 7.07. The zero-order valence-corrected chi connectivity index (χ0v) is 23.2. The van der Waals surface area contributed by atoms with Gasteiger partial charge in [-0.2, -0.15) is 0 Å². The van der Waals surface area contributed by atoms with E-state index in [4.69, 9.17) is 0 Å². The minimum atomic E-state index is -0.972. The van der Waals surface area contributed by atoms with Gasteiger partial charge in [0.25, 0.3) is 0 Å². The summed E-state index contributed by atoms with van der Waals surface area (Å²) in [6.45, 7) is 0. The molecule has 5 N–H and O–H groups in total. The van der Waals surface area contributed by atoms with Gasteiger partial charge >= 0.3 is 0 Å². The van der Waals surface area contributed by atoms with Crippen LogP contribution in [-0.4, -0.2) is 25.5 Å². The molecule has 0 heterocycles. The van der Waals surface area contributed by atoms with Gasteiger partial charge in [-0.25, -0.2) is 0 Å². The molecule has 0 aromatic heterocycles. The van der Waals surface area contributed by atoms with E-state index in [0.717, 1.165) is 46.4 Å². The van der Waals surface area contributed by atoms with E-state index >= 15 is 0 Å². The highest BCUT2D eigenvalue weighted by Crippen LogP contribution is 2.60. The van der Waals surface area contributed by atoms with Gasteiger partial charge in [0, 0.05) is 11.5 Å². The number of hydrogen-bond donors (Lipinski definition) is 5. The molecule has 0 spiro atoms. The SMILES string of the molecule is Oc1c(O)c(O)c(-c2c3ccccc3c(C3=C4CC=C(c5cccc6c5C=CCC6)C=CC43)c3ccccc23)c(O)c1O. The van der Waals surface area contributed by atoms with Crippen LogP contribution >= 0.6 is 0 Å². The van der Waals surface area contributed by atoms with Crippen molar-refractivity contribution in [2.75, 3.05) is 0 Å². The molecule has 5 heteroatoms. The number of phenols is 5. The summed E-state index contributed by atoms with van der Waals surface area (Å²) >= 11 is 0. The monoisotopic (exact) mass is 564 g/mol. The summed E-state index contributed by atoms with van der Waals surface area (Å²) in [5.74, 6) is -3.95. The van der Waals surface area contributed by atoms with E-state index in [0.29, 0.717) is 5.56 Å². The van der Waals surface area contributed by atoms with Gasteiger partial charge in [0.1, 0.15) is 0 Å². The Labute approximate surface area is 247 Å². The highest BCUT2D eigenvalue weighted by atomic mass is 16.4. The average Bonchev–Trinajstić information content (AvgIpc) is 3.78. The van der Waals surface area contributed by atoms with Crippen molar-refractivity contribution in [1.82, 2.24) is 0 Å². The fraction of sp³-hybridized carbons (Fsp3) is 0.105. The van der Waals surface area contributed by atoms with Crippen LogP contribution in [-0.2, 0) is 6.42 Å². The molecule has 8 rings (SSSR count). The maximum Gasteiger partial charge on any atom is 0.208 e. The summed E-state index contributed by atoms with van der Waals surface area (Å²) in [7, 11) is 0. The lowest BCUT2D eigenvalue weighted by Crippen LogP contribution is -1.98. The minimum absolute atomic E-state index is 0.137. The van der Waals surface area contributed by atoms with Crippen molar-refractivity contribution in [1.29, 1.82) is 0 Å². The predicted molar refractivity (Wildman–Crippen MR) is 171 cm³/mol. The van der Waals surface area contributed by atoms with E-state index in [-0.39, 0.29) is 11.5 Å². The average molecular weight is 565 g/mol. The predicted octanol–water partition coefficient (Wildman–Crippen LogP) is 8.57. The summed E-state index contributed by atoms with van der Waals surface area (Å²) < 4.78 is 0. The van der Waals surface area contributed by atoms with Crippen LogP contribution in [0.5, 0.6) is 28.7 Å². The first kappa shape index (κ1) is 25.3. The summed E-state index contributed by atoms with van der Waals surface area (Å²) in [6, 6.07) is 22.1. The van der Waals surface area contributed by atoms with Gasteiger partial charge in [0.2, 0.25) is 17.2 Å². The Balaban J connectivity index is 1.32. The standard InChI is InChI=1S/C38H28O5/c39-34-33(35(40)37(42)38(43)36(34)41)32-26-13-5-3-11-24(26)30(25-12-4-6-14-27(25)32)31-28-18-16-21(17-19-29(28)31)23-15-7-9-20-8-1-2-10-22(20)23/h2-7,9-18,28,39-43H,1,8,19H2. The second kappa shape index (κ2) is 9.30. The van der Waals surface area contributed by atoms with Crippen LogP contribution in [0.2, 0.25) is 0 Å². The van der Waals surface area contributed by atoms with Gasteiger partial charge in [-0.1, -0.05) is 103 Å². The van der Waals surface area contributed by atoms with Crippen molar-refractivity contribution >= 4 is 38.8 Å². The fourth-order valence-electron chi connectivity index (χ4n) is 7.07. The molecule has 0 saturated carbocycles. The summed E-state index contributed by atoms with van der Waals surface area (Å²) in [5, 5.41) is 56.0. The molecule has 3 aliphatic rings. The second-order valence-corrected chi connectivity index (χ2v) is 11.4. The molecule has 0 bridgehead atoms. The molecule has 3 aliphatic carbocycles. The lowest BCUT2D eigenvalue weighted by molar-refractivity contribution is 0.330. The molecule has 5 aromatic carbocycles. The van der Waals surface area contributed by atoms with Crippen molar-refractivity contribution in [3.8, 4) is 39.9 Å². The molecule has 1 unspecified atom stereocenters. The summed E-state index contributed by atoms with van der Waals surface area (Å²) in [4.78, 5) is 0. The van der Waals surface area contributed by atoms with E-state index < -0.39 is 28.7 Å². The Kier molecular flexibility index (Phi) is 5.47. The Morgan fingerprint density at radius 1 is 0.581 bits per heavy atom. The third-order valence-corrected chi connectivity index (χ3v) is 9.15. The molecule has 5 nitrogen and oxygen atoms in total. The first-order valence-corrected chi connectivity index (χ1v) is 14.5. The van der Waals surface area contributed by atoms with Gasteiger partial charge < -0.3 is 25.5 Å². The highest BCUT2D eigenvalue weighted by Gasteiger charge is 2.38. The van der Waals surface area contributed by atoms with Crippen LogP contribution in [0.25, 0.3) is 49.9 Å². The van der Waals surface area contributed by atoms with Crippen LogP contribution < -0.4 is 0 Å². The quantitative estimate of drug-likeness (QED) is 0.0858. The maximum absolute atomic E-state index is 10.9. The number of hydrogen-bond acceptors (Lipinski definition) is 5. The molecule has 0 aliphatic heterocycles. The van der Waals surface area contributed by atoms with Crippen LogP contribution in [0, 0.1) is 5.92 Å². The van der Waals surface area contributed by atoms with Gasteiger partial charge in [0.15, 0.2) is 11.5 Å². The molecule has 0 fully saturated rings. The number of benzene rings is 5. The number of rotatable bonds is 3. The molecular weight excluding hydrogens is 536 g/mol. The van der Waals surface area contributed by atoms with Crippen LogP contribution in [0.15, 0.2) is 96.6 Å². The van der Waals surface area contributed by atoms with Crippen molar-refractivity contribution in [3.05, 3.63) is 119 Å². The second-order valence-electron chi connectivity index (χ2n) is 11.4. The minimum Gasteiger partial charge on any atom is -0.504 e. The molecule has 1 atom stereocenters. The molecule has 0 saturated heterocycles. The van der Waals surface area contributed by atoms with Gasteiger partial charge in [0.05, 0.1) is 5.56 Å². The molecule has 5 aromatic rings. The highest BCUT2D eigenvalue weighted by molar-refractivity contribution is 6.22. The number of aromatic hydroxyl groups is 5. The Morgan fingerprint density at radius 3 is 1.84 bits per heavy atom. The molecule has 210 valence electrons. The van der Waals surface area contributed by atoms with Crippen molar-refractivity contribution < 1.29 is 25.5 Å². The summed E-state index contributed by atoms with van der Waals surface area (Å²) in [5.41, 5.74) is 9.28. The maximum atomic E-state index is 10.9. The van der Waals surface area contributed by atoms with Gasteiger partial charge in [-0.3, -0.25) is 0 Å². The Morgan fingerprint density at radius 2 is 1.19 bits per heavy atom. The van der Waals surface area contributed by atoms with Crippen molar-refractivity contribution in [3.63, 3.8) is 0 Å². The largest absolute Gasteiger partial charge is 0.504 e. The third kappa shape index (κ3) is 3.64. The third-order valence-electron chi connectivity index (χ3n) is 9.15. The number of aryl methyl sites for hydroxylation is 1. The topological polar surface area (TPSA) is 101 Å². The molecule has 43 heavy (non-hydrogen) atoms. The zero-order valence-electron chi connectivity index (χ0n) is 23.2. The van der Waals surface area contributed by atoms with Crippen LogP contribution in [0.1, 0.15) is 35.1 Å². The normalized spacial score (nSPS) is 17.1. The first-order valence-electron chi connectivity index (χ1n) is 14.5. The zero-order chi connectivity index (χ0) is 29.4. The molecule has 0 amide bonds. The van der Waals surface area contributed by atoms with Crippen LogP contribution in [0.3, 0.4) is 0 Å². The van der Waals surface area contributed by atoms with E-state index in [1.807, 2.05) is 48.5 Å². The van der Waals surface area contributed by atoms with Gasteiger partial charge in [-0.15, -0.1) is 0 Å². The van der Waals surface area contributed by atoms with Crippen molar-refractivity contribution in [2.45, 2.75) is 19.3 Å². The Bertz CT molecular complexity index is 2080. The number of allylic oxidation sites excluding steroid dienone is 7. The summed E-state index contributed by atoms with van der Waals surface area (Å²) in [6.07, 6.45) is 14.4. The lowest BCUT2D eigenvalue weighted by Gasteiger charge is -2.19. The van der Waals surface area contributed by atoms with Crippen LogP contribution in [0.4, 0.5) is 0 Å². The molecular formula is C38H28O5. The number of phenolic OH excluding ortho intramolecular Hbond substituents is 5.